The first kappa shape index (κ1) is 28.9. The van der Waals surface area contributed by atoms with Crippen molar-refractivity contribution in [3.8, 4) is 5.75 Å². The van der Waals surface area contributed by atoms with E-state index in [0.29, 0.717) is 5.96 Å². The summed E-state index contributed by atoms with van der Waals surface area (Å²) in [6, 6.07) is 4.12. The summed E-state index contributed by atoms with van der Waals surface area (Å²) >= 11 is 9.25. The molecule has 3 rings (SSSR count). The number of ether oxygens (including phenoxy) is 1. The quantitative estimate of drug-likeness (QED) is 0.200. The third kappa shape index (κ3) is 8.19. The van der Waals surface area contributed by atoms with E-state index in [2.05, 4.69) is 47.2 Å². The van der Waals surface area contributed by atoms with Gasteiger partial charge in [0.15, 0.2) is 11.4 Å². The standard InChI is InChI=1S/C23H26BrClN6O7/c1-2-38-20(35)7-16(14-3-11(25)4-15(24)21(14)36)30-19(34)10-26-22(37)17-5-12(32)6-18(29-17)31-23-27-8-13(33)9-28-23/h3-6,13,16,33,36H,2,7-10H2,1H3,(H,26,37)(H,30,34)(H3,27,28,29,31,32)/t16-/m0/s1. The van der Waals surface area contributed by atoms with Crippen molar-refractivity contribution in [1.82, 2.24) is 20.9 Å². The summed E-state index contributed by atoms with van der Waals surface area (Å²) in [5.41, 5.74) is -0.426. The van der Waals surface area contributed by atoms with Gasteiger partial charge in [-0.3, -0.25) is 24.2 Å². The summed E-state index contributed by atoms with van der Waals surface area (Å²) in [6.07, 6.45) is -0.923. The van der Waals surface area contributed by atoms with Crippen LogP contribution in [-0.2, 0) is 14.3 Å². The minimum atomic E-state index is -1.01. The lowest BCUT2D eigenvalue weighted by Gasteiger charge is -2.21. The molecule has 0 saturated carbocycles. The molecule has 0 fully saturated rings. The molecule has 0 radical (unpaired) electrons. The van der Waals surface area contributed by atoms with Crippen LogP contribution < -0.4 is 26.7 Å². The van der Waals surface area contributed by atoms with Crippen LogP contribution in [0.5, 0.6) is 5.75 Å². The Bertz CT molecular complexity index is 1300. The lowest BCUT2D eigenvalue weighted by Crippen LogP contribution is -2.43. The van der Waals surface area contributed by atoms with Crippen molar-refractivity contribution in [2.45, 2.75) is 25.5 Å². The number of carbonyl (C=O) groups is 3. The maximum Gasteiger partial charge on any atom is 0.308 e. The van der Waals surface area contributed by atoms with Gasteiger partial charge in [-0.05, 0) is 35.0 Å². The van der Waals surface area contributed by atoms with Gasteiger partial charge >= 0.3 is 5.97 Å². The van der Waals surface area contributed by atoms with Crippen LogP contribution in [0, 0.1) is 0 Å². The number of H-pyrrole nitrogens is 1. The van der Waals surface area contributed by atoms with Gasteiger partial charge in [0.25, 0.3) is 5.91 Å². The van der Waals surface area contributed by atoms with E-state index in [1.165, 1.54) is 18.2 Å². The van der Waals surface area contributed by atoms with Gasteiger partial charge in [-0.25, -0.2) is 0 Å². The molecule has 1 aliphatic rings. The van der Waals surface area contributed by atoms with Crippen LogP contribution >= 0.6 is 27.5 Å². The van der Waals surface area contributed by atoms with E-state index in [4.69, 9.17) is 16.3 Å². The number of amides is 2. The fourth-order valence-electron chi connectivity index (χ4n) is 3.45. The van der Waals surface area contributed by atoms with E-state index >= 15 is 0 Å². The third-order valence-electron chi connectivity index (χ3n) is 5.16. The first-order valence-corrected chi connectivity index (χ1v) is 12.6. The number of aliphatic imine (C=N–C) groups is 1. The van der Waals surface area contributed by atoms with Gasteiger partial charge in [0.2, 0.25) is 5.91 Å². The number of guanidine groups is 1. The SMILES string of the molecule is CCOC(=O)C[C@H](NC(=O)CNC(=O)c1cc(=O)cc(NC2=NCC(O)CN2)[nH]1)c1cc(Cl)cc(Br)c1O. The number of carbonyl (C=O) groups excluding carboxylic acids is 3. The Morgan fingerprint density at radius 1 is 1.29 bits per heavy atom. The first-order chi connectivity index (χ1) is 18.0. The molecule has 0 spiro atoms. The summed E-state index contributed by atoms with van der Waals surface area (Å²) in [4.78, 5) is 56.4. The van der Waals surface area contributed by atoms with Crippen LogP contribution in [0.1, 0.15) is 35.4 Å². The van der Waals surface area contributed by atoms with Crippen LogP contribution in [0.4, 0.5) is 5.82 Å². The number of β-amino-alcohol motifs (C(OH)–C–C–N with tert-alkyl or cyclic N) is 1. The molecule has 0 bridgehead atoms. The number of phenolic OH excluding ortho intramolecular Hbond substituents is 1. The van der Waals surface area contributed by atoms with Crippen molar-refractivity contribution < 1.29 is 29.3 Å². The smallest absolute Gasteiger partial charge is 0.308 e. The van der Waals surface area contributed by atoms with Crippen LogP contribution in [-0.4, -0.2) is 71.3 Å². The zero-order valence-electron chi connectivity index (χ0n) is 20.1. The van der Waals surface area contributed by atoms with Crippen molar-refractivity contribution in [2.24, 2.45) is 4.99 Å². The van der Waals surface area contributed by atoms with Gasteiger partial charge in [0.1, 0.15) is 17.3 Å². The number of halogens is 2. The summed E-state index contributed by atoms with van der Waals surface area (Å²) in [6.45, 7) is 1.69. The fourth-order valence-corrected chi connectivity index (χ4v) is 4.29. The lowest BCUT2D eigenvalue weighted by molar-refractivity contribution is -0.143. The highest BCUT2D eigenvalue weighted by Crippen LogP contribution is 2.36. The van der Waals surface area contributed by atoms with Gasteiger partial charge < -0.3 is 41.2 Å². The fraction of sp³-hybridized carbons (Fsp3) is 0.348. The van der Waals surface area contributed by atoms with Crippen molar-refractivity contribution in [1.29, 1.82) is 0 Å². The van der Waals surface area contributed by atoms with Crippen LogP contribution in [0.2, 0.25) is 5.02 Å². The molecule has 1 aromatic heterocycles. The highest BCUT2D eigenvalue weighted by Gasteiger charge is 2.24. The second kappa shape index (κ2) is 13.3. The average Bonchev–Trinajstić information content (AvgIpc) is 2.85. The second-order valence-corrected chi connectivity index (χ2v) is 9.42. The van der Waals surface area contributed by atoms with E-state index in [0.717, 1.165) is 6.07 Å². The van der Waals surface area contributed by atoms with Crippen LogP contribution in [0.15, 0.2) is 38.5 Å². The minimum absolute atomic E-state index is 0.122. The summed E-state index contributed by atoms with van der Waals surface area (Å²) in [5, 5.41) is 30.8. The zero-order chi connectivity index (χ0) is 27.8. The molecule has 13 nitrogen and oxygen atoms in total. The van der Waals surface area contributed by atoms with Crippen LogP contribution in [0.25, 0.3) is 0 Å². The van der Waals surface area contributed by atoms with Gasteiger partial charge in [0, 0.05) is 29.3 Å². The van der Waals surface area contributed by atoms with E-state index in [9.17, 15) is 29.4 Å². The predicted molar refractivity (Wildman–Crippen MR) is 142 cm³/mol. The monoisotopic (exact) mass is 612 g/mol. The van der Waals surface area contributed by atoms with Crippen LogP contribution in [0.3, 0.4) is 0 Å². The van der Waals surface area contributed by atoms with Gasteiger partial charge in [-0.1, -0.05) is 11.6 Å². The molecule has 0 saturated heterocycles. The number of anilines is 1. The number of esters is 1. The summed E-state index contributed by atoms with van der Waals surface area (Å²) < 4.78 is 5.23. The maximum absolute atomic E-state index is 12.7. The molecule has 7 N–H and O–H groups in total. The highest BCUT2D eigenvalue weighted by atomic mass is 79.9. The van der Waals surface area contributed by atoms with Crippen molar-refractivity contribution in [3.05, 3.63) is 55.2 Å². The number of aromatic nitrogens is 1. The molecule has 38 heavy (non-hydrogen) atoms. The molecule has 15 heteroatoms. The average molecular weight is 614 g/mol. The molecular weight excluding hydrogens is 588 g/mol. The number of pyridine rings is 1. The maximum atomic E-state index is 12.7. The van der Waals surface area contributed by atoms with Gasteiger partial charge in [-0.15, -0.1) is 0 Å². The number of nitrogens with zero attached hydrogens (tertiary/aromatic N) is 1. The van der Waals surface area contributed by atoms with Gasteiger partial charge in [0.05, 0.1) is 42.7 Å². The Kier molecular flexibility index (Phi) is 10.1. The first-order valence-electron chi connectivity index (χ1n) is 11.4. The van der Waals surface area contributed by atoms with E-state index in [-0.39, 0.29) is 58.4 Å². The molecular formula is C23H26BrClN6O7. The number of benzene rings is 1. The Balaban J connectivity index is 1.68. The molecule has 1 unspecified atom stereocenters. The zero-order valence-corrected chi connectivity index (χ0v) is 22.5. The molecule has 2 amide bonds. The van der Waals surface area contributed by atoms with E-state index in [1.807, 2.05) is 0 Å². The van der Waals surface area contributed by atoms with E-state index < -0.39 is 41.9 Å². The van der Waals surface area contributed by atoms with Crippen molar-refractivity contribution >= 4 is 57.1 Å². The molecule has 2 aromatic rings. The highest BCUT2D eigenvalue weighted by molar-refractivity contribution is 9.10. The number of rotatable bonds is 9. The summed E-state index contributed by atoms with van der Waals surface area (Å²) in [5.74, 6) is -1.78. The largest absolute Gasteiger partial charge is 0.506 e. The molecule has 1 aliphatic heterocycles. The molecule has 2 atom stereocenters. The lowest BCUT2D eigenvalue weighted by atomic mass is 10.0. The van der Waals surface area contributed by atoms with Crippen molar-refractivity contribution in [2.75, 3.05) is 31.6 Å². The van der Waals surface area contributed by atoms with Crippen molar-refractivity contribution in [3.63, 3.8) is 0 Å². The molecule has 204 valence electrons. The van der Waals surface area contributed by atoms with E-state index in [1.54, 1.807) is 6.92 Å². The normalized spacial score (nSPS) is 15.5. The number of phenols is 1. The number of aliphatic hydroxyl groups excluding tert-OH is 1. The Labute approximate surface area is 230 Å². The number of hydrogen-bond acceptors (Lipinski definition) is 10. The minimum Gasteiger partial charge on any atom is -0.506 e. The number of aromatic hydroxyl groups is 1. The number of nitrogens with one attached hydrogen (secondary N) is 5. The predicted octanol–water partition coefficient (Wildman–Crippen LogP) is 0.769. The third-order valence-corrected chi connectivity index (χ3v) is 5.98. The Hall–Kier alpha value is -3.62. The Morgan fingerprint density at radius 3 is 2.74 bits per heavy atom. The number of aliphatic hydroxyl groups is 1. The second-order valence-electron chi connectivity index (χ2n) is 8.13. The summed E-state index contributed by atoms with van der Waals surface area (Å²) in [7, 11) is 0. The Morgan fingerprint density at radius 2 is 2.05 bits per heavy atom. The molecule has 2 heterocycles. The molecule has 1 aromatic carbocycles. The number of hydrogen-bond donors (Lipinski definition) is 7. The molecule has 0 aliphatic carbocycles. The number of aromatic amines is 1. The van der Waals surface area contributed by atoms with Gasteiger partial charge in [-0.2, -0.15) is 0 Å². The topological polar surface area (TPSA) is 194 Å².